The van der Waals surface area contributed by atoms with E-state index in [0.717, 1.165) is 12.2 Å². The third kappa shape index (κ3) is 5.88. The summed E-state index contributed by atoms with van der Waals surface area (Å²) in [6.45, 7) is 3.75. The predicted molar refractivity (Wildman–Crippen MR) is 89.3 cm³/mol. The maximum absolute atomic E-state index is 6.21. The average Bonchev–Trinajstić information content (AvgIpc) is 2.92. The van der Waals surface area contributed by atoms with Crippen LogP contribution in [0.25, 0.3) is 0 Å². The zero-order valence-electron chi connectivity index (χ0n) is 12.1. The van der Waals surface area contributed by atoms with Crippen LogP contribution in [0.5, 0.6) is 5.75 Å². The molecule has 0 aromatic heterocycles. The van der Waals surface area contributed by atoms with E-state index in [0.29, 0.717) is 0 Å². The smallest absolute Gasteiger partial charge is 0.118 e. The number of nitrogens with zero attached hydrogens (tertiary/aromatic N) is 1. The van der Waals surface area contributed by atoms with Crippen molar-refractivity contribution in [2.75, 3.05) is 26.7 Å². The van der Waals surface area contributed by atoms with Crippen LogP contribution >= 0.6 is 24.8 Å². The minimum Gasteiger partial charge on any atom is -0.497 e. The summed E-state index contributed by atoms with van der Waals surface area (Å²) in [5.74, 6) is 0.892. The van der Waals surface area contributed by atoms with Crippen molar-refractivity contribution in [1.29, 1.82) is 0 Å². The van der Waals surface area contributed by atoms with E-state index in [1.807, 2.05) is 12.1 Å². The molecule has 2 N–H and O–H groups in total. The number of benzene rings is 1. The van der Waals surface area contributed by atoms with E-state index in [2.05, 4.69) is 17.0 Å². The monoisotopic (exact) mass is 320 g/mol. The van der Waals surface area contributed by atoms with Crippen LogP contribution in [0.4, 0.5) is 0 Å². The Hall–Kier alpha value is -0.480. The van der Waals surface area contributed by atoms with Gasteiger partial charge in [-0.05, 0) is 63.0 Å². The Balaban J connectivity index is 0.00000180. The lowest BCUT2D eigenvalue weighted by Gasteiger charge is -2.17. The lowest BCUT2D eigenvalue weighted by atomic mass is 10.0. The second kappa shape index (κ2) is 10.3. The largest absolute Gasteiger partial charge is 0.497 e. The first kappa shape index (κ1) is 19.5. The Morgan fingerprint density at radius 3 is 2.30 bits per heavy atom. The van der Waals surface area contributed by atoms with E-state index in [1.54, 1.807) is 7.11 Å². The second-order valence-electron chi connectivity index (χ2n) is 5.07. The van der Waals surface area contributed by atoms with Gasteiger partial charge in [0, 0.05) is 6.04 Å². The van der Waals surface area contributed by atoms with Crippen LogP contribution in [0, 0.1) is 0 Å². The molecule has 20 heavy (non-hydrogen) atoms. The van der Waals surface area contributed by atoms with Gasteiger partial charge in [0.1, 0.15) is 5.75 Å². The maximum Gasteiger partial charge on any atom is 0.118 e. The van der Waals surface area contributed by atoms with E-state index >= 15 is 0 Å². The van der Waals surface area contributed by atoms with Crippen molar-refractivity contribution >= 4 is 24.8 Å². The number of ether oxygens (including phenoxy) is 1. The Bertz CT molecular complexity index is 353. The molecule has 0 saturated carbocycles. The quantitative estimate of drug-likeness (QED) is 0.872. The standard InChI is InChI=1S/C15H24N2O.2ClH/c1-18-14-8-6-13(7-9-14)15(16)5-4-12-17-10-2-3-11-17;;/h6-9,15H,2-5,10-12,16H2,1H3;2*1H. The van der Waals surface area contributed by atoms with Gasteiger partial charge in [0.05, 0.1) is 7.11 Å². The molecule has 1 aliphatic heterocycles. The van der Waals surface area contributed by atoms with E-state index < -0.39 is 0 Å². The summed E-state index contributed by atoms with van der Waals surface area (Å²) in [5.41, 5.74) is 7.42. The van der Waals surface area contributed by atoms with Crippen LogP contribution in [-0.2, 0) is 0 Å². The van der Waals surface area contributed by atoms with Crippen molar-refractivity contribution < 1.29 is 4.74 Å². The molecule has 1 unspecified atom stereocenters. The van der Waals surface area contributed by atoms with E-state index in [1.165, 1.54) is 44.5 Å². The van der Waals surface area contributed by atoms with Crippen LogP contribution in [0.1, 0.15) is 37.3 Å². The van der Waals surface area contributed by atoms with E-state index in [-0.39, 0.29) is 30.9 Å². The van der Waals surface area contributed by atoms with Crippen LogP contribution in [0.15, 0.2) is 24.3 Å². The zero-order valence-corrected chi connectivity index (χ0v) is 13.7. The maximum atomic E-state index is 6.21. The Kier molecular flexibility index (Phi) is 10.0. The molecule has 0 aliphatic carbocycles. The third-order valence-corrected chi connectivity index (χ3v) is 3.73. The van der Waals surface area contributed by atoms with Gasteiger partial charge >= 0.3 is 0 Å². The van der Waals surface area contributed by atoms with E-state index in [9.17, 15) is 0 Å². The fourth-order valence-corrected chi connectivity index (χ4v) is 2.56. The number of nitrogens with two attached hydrogens (primary N) is 1. The molecular weight excluding hydrogens is 295 g/mol. The van der Waals surface area contributed by atoms with Crippen LogP contribution < -0.4 is 10.5 Å². The second-order valence-corrected chi connectivity index (χ2v) is 5.07. The summed E-state index contributed by atoms with van der Waals surface area (Å²) >= 11 is 0. The highest BCUT2D eigenvalue weighted by atomic mass is 35.5. The summed E-state index contributed by atoms with van der Waals surface area (Å²) in [4.78, 5) is 2.54. The molecule has 1 aliphatic rings. The highest BCUT2D eigenvalue weighted by molar-refractivity contribution is 5.85. The zero-order chi connectivity index (χ0) is 12.8. The topological polar surface area (TPSA) is 38.5 Å². The Morgan fingerprint density at radius 1 is 1.15 bits per heavy atom. The van der Waals surface area contributed by atoms with Crippen molar-refractivity contribution in [3.63, 3.8) is 0 Å². The Labute approximate surface area is 134 Å². The fraction of sp³-hybridized carbons (Fsp3) is 0.600. The lowest BCUT2D eigenvalue weighted by Crippen LogP contribution is -2.21. The summed E-state index contributed by atoms with van der Waals surface area (Å²) in [5, 5.41) is 0. The average molecular weight is 321 g/mol. The number of hydrogen-bond donors (Lipinski definition) is 1. The number of methoxy groups -OCH3 is 1. The van der Waals surface area contributed by atoms with Gasteiger partial charge in [-0.3, -0.25) is 0 Å². The van der Waals surface area contributed by atoms with Crippen molar-refractivity contribution in [1.82, 2.24) is 4.90 Å². The minimum absolute atomic E-state index is 0. The molecule has 2 rings (SSSR count). The highest BCUT2D eigenvalue weighted by Gasteiger charge is 2.12. The van der Waals surface area contributed by atoms with Gasteiger partial charge in [0.25, 0.3) is 0 Å². The molecule has 5 heteroatoms. The first-order valence-corrected chi connectivity index (χ1v) is 6.91. The van der Waals surface area contributed by atoms with Gasteiger partial charge in [-0.1, -0.05) is 12.1 Å². The van der Waals surface area contributed by atoms with Gasteiger partial charge in [-0.2, -0.15) is 0 Å². The molecular formula is C15H26Cl2N2O. The van der Waals surface area contributed by atoms with Gasteiger partial charge < -0.3 is 15.4 Å². The summed E-state index contributed by atoms with van der Waals surface area (Å²) in [6.07, 6.45) is 4.98. The van der Waals surface area contributed by atoms with E-state index in [4.69, 9.17) is 10.5 Å². The Morgan fingerprint density at radius 2 is 1.75 bits per heavy atom. The molecule has 1 fully saturated rings. The summed E-state index contributed by atoms with van der Waals surface area (Å²) < 4.78 is 5.15. The molecule has 1 heterocycles. The molecule has 1 saturated heterocycles. The fourth-order valence-electron chi connectivity index (χ4n) is 2.56. The molecule has 3 nitrogen and oxygen atoms in total. The summed E-state index contributed by atoms with van der Waals surface area (Å²) in [7, 11) is 1.69. The van der Waals surface area contributed by atoms with Crippen molar-refractivity contribution in [3.05, 3.63) is 29.8 Å². The first-order chi connectivity index (χ1) is 8.79. The minimum atomic E-state index is 0. The normalized spacial score (nSPS) is 16.1. The number of halogens is 2. The molecule has 1 atom stereocenters. The molecule has 0 bridgehead atoms. The first-order valence-electron chi connectivity index (χ1n) is 6.91. The van der Waals surface area contributed by atoms with Gasteiger partial charge in [-0.15, -0.1) is 24.8 Å². The SMILES string of the molecule is COc1ccc(C(N)CCCN2CCCC2)cc1.Cl.Cl. The molecule has 1 aromatic rings. The highest BCUT2D eigenvalue weighted by Crippen LogP contribution is 2.20. The van der Waals surface area contributed by atoms with Crippen LogP contribution in [0.3, 0.4) is 0 Å². The molecule has 1 aromatic carbocycles. The van der Waals surface area contributed by atoms with Crippen LogP contribution in [-0.4, -0.2) is 31.6 Å². The van der Waals surface area contributed by atoms with Crippen LogP contribution in [0.2, 0.25) is 0 Å². The van der Waals surface area contributed by atoms with Gasteiger partial charge in [-0.25, -0.2) is 0 Å². The third-order valence-electron chi connectivity index (χ3n) is 3.73. The number of likely N-dealkylation sites (tertiary alicyclic amines) is 1. The van der Waals surface area contributed by atoms with Crippen molar-refractivity contribution in [3.8, 4) is 5.75 Å². The number of hydrogen-bond acceptors (Lipinski definition) is 3. The molecule has 0 amide bonds. The molecule has 0 spiro atoms. The molecule has 0 radical (unpaired) electrons. The summed E-state index contributed by atoms with van der Waals surface area (Å²) in [6, 6.07) is 8.25. The number of rotatable bonds is 6. The van der Waals surface area contributed by atoms with Gasteiger partial charge in [0.2, 0.25) is 0 Å². The van der Waals surface area contributed by atoms with Crippen molar-refractivity contribution in [2.45, 2.75) is 31.7 Å². The van der Waals surface area contributed by atoms with Gasteiger partial charge in [0.15, 0.2) is 0 Å². The molecule has 116 valence electrons. The lowest BCUT2D eigenvalue weighted by molar-refractivity contribution is 0.325. The van der Waals surface area contributed by atoms with Crippen molar-refractivity contribution in [2.24, 2.45) is 5.73 Å². The predicted octanol–water partition coefficient (Wildman–Crippen LogP) is 3.41.